The Bertz CT molecular complexity index is 735. The average Bonchev–Trinajstić information content (AvgIpc) is 2.84. The molecule has 1 atom stereocenters. The number of ether oxygens (including phenoxy) is 1. The van der Waals surface area contributed by atoms with Crippen LogP contribution in [0.15, 0.2) is 12.1 Å². The second kappa shape index (κ2) is 5.15. The molecule has 0 spiro atoms. The Balaban J connectivity index is 1.99. The maximum absolute atomic E-state index is 12.6. The highest BCUT2D eigenvalue weighted by Gasteiger charge is 2.41. The summed E-state index contributed by atoms with van der Waals surface area (Å²) in [6.45, 7) is 0.167. The molecule has 2 aliphatic heterocycles. The van der Waals surface area contributed by atoms with Gasteiger partial charge in [-0.05, 0) is 18.6 Å². The Labute approximate surface area is 126 Å². The summed E-state index contributed by atoms with van der Waals surface area (Å²) >= 11 is 0. The topological polar surface area (TPSA) is 99.5 Å². The molecule has 0 aliphatic carbocycles. The zero-order valence-electron chi connectivity index (χ0n) is 11.9. The van der Waals surface area contributed by atoms with Gasteiger partial charge in [-0.3, -0.25) is 19.7 Å². The molecule has 7 heteroatoms. The minimum atomic E-state index is -0.700. The van der Waals surface area contributed by atoms with Crippen LogP contribution in [0.5, 0.6) is 5.75 Å². The van der Waals surface area contributed by atoms with Crippen LogP contribution in [0.2, 0.25) is 0 Å². The van der Waals surface area contributed by atoms with E-state index in [2.05, 4.69) is 11.4 Å². The molecule has 1 aromatic rings. The lowest BCUT2D eigenvalue weighted by Gasteiger charge is -2.29. The summed E-state index contributed by atoms with van der Waals surface area (Å²) in [5.74, 6) is -0.775. The fourth-order valence-corrected chi connectivity index (χ4v) is 2.92. The predicted molar refractivity (Wildman–Crippen MR) is 73.8 cm³/mol. The molecular formula is C15H13N3O4. The van der Waals surface area contributed by atoms with Crippen molar-refractivity contribution in [3.8, 4) is 11.8 Å². The van der Waals surface area contributed by atoms with E-state index in [-0.39, 0.29) is 31.2 Å². The molecule has 1 N–H and O–H groups in total. The van der Waals surface area contributed by atoms with E-state index in [1.54, 1.807) is 12.1 Å². The van der Waals surface area contributed by atoms with E-state index < -0.39 is 11.9 Å². The number of nitrogens with one attached hydrogen (secondary N) is 1. The third kappa shape index (κ3) is 2.00. The molecule has 2 aliphatic rings. The number of fused-ring (bicyclic) bond motifs is 1. The number of imide groups is 1. The summed E-state index contributed by atoms with van der Waals surface area (Å²) in [6, 6.07) is 4.52. The monoisotopic (exact) mass is 299 g/mol. The zero-order chi connectivity index (χ0) is 15.9. The number of nitrogens with zero attached hydrogens (tertiary/aromatic N) is 2. The van der Waals surface area contributed by atoms with Crippen LogP contribution >= 0.6 is 0 Å². The van der Waals surface area contributed by atoms with Gasteiger partial charge in [0, 0.05) is 18.5 Å². The van der Waals surface area contributed by atoms with E-state index in [4.69, 9.17) is 4.74 Å². The van der Waals surface area contributed by atoms with Gasteiger partial charge >= 0.3 is 0 Å². The lowest BCUT2D eigenvalue weighted by Crippen LogP contribution is -2.52. The maximum Gasteiger partial charge on any atom is 0.259 e. The molecule has 1 saturated heterocycles. The summed E-state index contributed by atoms with van der Waals surface area (Å²) in [5, 5.41) is 11.4. The predicted octanol–water partition coefficient (Wildman–Crippen LogP) is 0.328. The fourth-order valence-electron chi connectivity index (χ4n) is 2.92. The Morgan fingerprint density at radius 1 is 1.36 bits per heavy atom. The molecule has 7 nitrogen and oxygen atoms in total. The lowest BCUT2D eigenvalue weighted by atomic mass is 10.0. The van der Waals surface area contributed by atoms with Gasteiger partial charge in [0.2, 0.25) is 11.8 Å². The van der Waals surface area contributed by atoms with Crippen LogP contribution in [0.3, 0.4) is 0 Å². The third-order valence-corrected chi connectivity index (χ3v) is 4.00. The summed E-state index contributed by atoms with van der Waals surface area (Å²) in [5.41, 5.74) is 1.28. The van der Waals surface area contributed by atoms with Gasteiger partial charge in [-0.15, -0.1) is 0 Å². The maximum atomic E-state index is 12.6. The molecular weight excluding hydrogens is 286 g/mol. The van der Waals surface area contributed by atoms with Crippen LogP contribution in [-0.4, -0.2) is 35.8 Å². The van der Waals surface area contributed by atoms with Crippen LogP contribution in [0.1, 0.15) is 34.3 Å². The van der Waals surface area contributed by atoms with E-state index in [0.717, 1.165) is 0 Å². The normalized spacial score (nSPS) is 20.5. The lowest BCUT2D eigenvalue weighted by molar-refractivity contribution is -0.136. The highest BCUT2D eigenvalue weighted by Crippen LogP contribution is 2.35. The first-order chi connectivity index (χ1) is 10.6. The quantitative estimate of drug-likeness (QED) is 0.793. The summed E-state index contributed by atoms with van der Waals surface area (Å²) in [6.07, 6.45) is 0.480. The standard InChI is InChI=1S/C15H13N3O4/c1-22-11-4-2-8(6-16)9-7-18(15(21)13(9)11)10-3-5-12(19)17-14(10)20/h2,4,10H,3,5,7H2,1H3,(H,17,19,20). The first kappa shape index (κ1) is 14.1. The van der Waals surface area contributed by atoms with Gasteiger partial charge < -0.3 is 9.64 Å². The third-order valence-electron chi connectivity index (χ3n) is 4.00. The Kier molecular flexibility index (Phi) is 3.29. The van der Waals surface area contributed by atoms with Crippen LogP contribution in [0, 0.1) is 11.3 Å². The molecule has 2 heterocycles. The number of carbonyl (C=O) groups excluding carboxylic acids is 3. The molecule has 1 fully saturated rings. The van der Waals surface area contributed by atoms with Crippen molar-refractivity contribution in [3.05, 3.63) is 28.8 Å². The van der Waals surface area contributed by atoms with E-state index in [0.29, 0.717) is 22.4 Å². The van der Waals surface area contributed by atoms with Gasteiger partial charge in [-0.1, -0.05) is 0 Å². The number of hydrogen-bond acceptors (Lipinski definition) is 5. The second-order valence-electron chi connectivity index (χ2n) is 5.18. The van der Waals surface area contributed by atoms with Gasteiger partial charge in [0.25, 0.3) is 5.91 Å². The SMILES string of the molecule is COc1ccc(C#N)c2c1C(=O)N(C1CCC(=O)NC1=O)C2. The molecule has 3 amide bonds. The largest absolute Gasteiger partial charge is 0.496 e. The van der Waals surface area contributed by atoms with E-state index in [9.17, 15) is 19.6 Å². The molecule has 112 valence electrons. The van der Waals surface area contributed by atoms with Crippen molar-refractivity contribution < 1.29 is 19.1 Å². The number of benzene rings is 1. The number of carbonyl (C=O) groups is 3. The van der Waals surface area contributed by atoms with E-state index in [1.807, 2.05) is 0 Å². The highest BCUT2D eigenvalue weighted by molar-refractivity contribution is 6.06. The first-order valence-electron chi connectivity index (χ1n) is 6.81. The van der Waals surface area contributed by atoms with Crippen molar-refractivity contribution in [2.45, 2.75) is 25.4 Å². The van der Waals surface area contributed by atoms with Crippen molar-refractivity contribution in [2.24, 2.45) is 0 Å². The van der Waals surface area contributed by atoms with Crippen molar-refractivity contribution in [1.82, 2.24) is 10.2 Å². The van der Waals surface area contributed by atoms with Crippen molar-refractivity contribution in [3.63, 3.8) is 0 Å². The van der Waals surface area contributed by atoms with Gasteiger partial charge in [0.05, 0.1) is 24.3 Å². The molecule has 1 unspecified atom stereocenters. The molecule has 0 aromatic heterocycles. The molecule has 0 radical (unpaired) electrons. The Hall–Kier alpha value is -2.88. The Morgan fingerprint density at radius 3 is 2.77 bits per heavy atom. The minimum Gasteiger partial charge on any atom is -0.496 e. The number of methoxy groups -OCH3 is 1. The number of hydrogen-bond donors (Lipinski definition) is 1. The molecule has 1 aromatic carbocycles. The van der Waals surface area contributed by atoms with Gasteiger partial charge in [0.1, 0.15) is 11.8 Å². The van der Waals surface area contributed by atoms with Gasteiger partial charge in [0.15, 0.2) is 0 Å². The van der Waals surface area contributed by atoms with Gasteiger partial charge in [-0.25, -0.2) is 0 Å². The molecule has 0 bridgehead atoms. The number of piperidine rings is 1. The zero-order valence-corrected chi connectivity index (χ0v) is 11.9. The molecule has 3 rings (SSSR count). The van der Waals surface area contributed by atoms with Crippen LogP contribution in [-0.2, 0) is 16.1 Å². The number of rotatable bonds is 2. The van der Waals surface area contributed by atoms with Crippen LogP contribution < -0.4 is 10.1 Å². The molecule has 0 saturated carbocycles. The summed E-state index contributed by atoms with van der Waals surface area (Å²) in [7, 11) is 1.45. The summed E-state index contributed by atoms with van der Waals surface area (Å²) in [4.78, 5) is 37.3. The van der Waals surface area contributed by atoms with Crippen molar-refractivity contribution in [2.75, 3.05) is 7.11 Å². The van der Waals surface area contributed by atoms with E-state index >= 15 is 0 Å². The Morgan fingerprint density at radius 2 is 2.14 bits per heavy atom. The number of amides is 3. The number of nitriles is 1. The molecule has 22 heavy (non-hydrogen) atoms. The minimum absolute atomic E-state index is 0.167. The van der Waals surface area contributed by atoms with Gasteiger partial charge in [-0.2, -0.15) is 5.26 Å². The smallest absolute Gasteiger partial charge is 0.259 e. The first-order valence-corrected chi connectivity index (χ1v) is 6.81. The summed E-state index contributed by atoms with van der Waals surface area (Å²) < 4.78 is 5.19. The second-order valence-corrected chi connectivity index (χ2v) is 5.18. The van der Waals surface area contributed by atoms with Crippen LogP contribution in [0.25, 0.3) is 0 Å². The van der Waals surface area contributed by atoms with Crippen molar-refractivity contribution >= 4 is 17.7 Å². The fraction of sp³-hybridized carbons (Fsp3) is 0.333. The average molecular weight is 299 g/mol. The highest BCUT2D eigenvalue weighted by atomic mass is 16.5. The van der Waals surface area contributed by atoms with E-state index in [1.165, 1.54) is 12.0 Å². The van der Waals surface area contributed by atoms with Crippen molar-refractivity contribution in [1.29, 1.82) is 5.26 Å². The van der Waals surface area contributed by atoms with Crippen LogP contribution in [0.4, 0.5) is 0 Å².